The summed E-state index contributed by atoms with van der Waals surface area (Å²) in [7, 11) is -2.12. The van der Waals surface area contributed by atoms with Gasteiger partial charge in [-0.3, -0.25) is 9.71 Å². The van der Waals surface area contributed by atoms with Crippen molar-refractivity contribution in [2.75, 3.05) is 23.3 Å². The molecule has 0 aliphatic carbocycles. The molecule has 1 heterocycles. The third kappa shape index (κ3) is 4.30. The number of hydrogen-bond acceptors (Lipinski definition) is 5. The summed E-state index contributed by atoms with van der Waals surface area (Å²) in [6.07, 6.45) is 1.78. The van der Waals surface area contributed by atoms with E-state index in [0.29, 0.717) is 11.4 Å². The summed E-state index contributed by atoms with van der Waals surface area (Å²) >= 11 is 0. The van der Waals surface area contributed by atoms with Crippen LogP contribution in [0.3, 0.4) is 0 Å². The minimum absolute atomic E-state index is 0.0324. The molecule has 1 N–H and O–H groups in total. The maximum absolute atomic E-state index is 12.8. The number of benzene rings is 2. The summed E-state index contributed by atoms with van der Waals surface area (Å²) in [5.74, 6) is 0.587. The van der Waals surface area contributed by atoms with Crippen LogP contribution < -0.4 is 14.4 Å². The predicted octanol–water partition coefficient (Wildman–Crippen LogP) is 4.03. The van der Waals surface area contributed by atoms with E-state index in [1.54, 1.807) is 37.7 Å². The van der Waals surface area contributed by atoms with Gasteiger partial charge in [-0.25, -0.2) is 8.42 Å². The molecule has 0 fully saturated rings. The number of ether oxygens (including phenoxy) is 1. The van der Waals surface area contributed by atoms with Gasteiger partial charge in [0.25, 0.3) is 10.0 Å². The molecule has 150 valence electrons. The summed E-state index contributed by atoms with van der Waals surface area (Å²) in [5, 5.41) is 0. The molecular weight excluding hydrogens is 374 g/mol. The maximum Gasteiger partial charge on any atom is 0.261 e. The van der Waals surface area contributed by atoms with Crippen molar-refractivity contribution in [2.24, 2.45) is 4.99 Å². The molecule has 2 aromatic carbocycles. The lowest BCUT2D eigenvalue weighted by Crippen LogP contribution is -2.22. The van der Waals surface area contributed by atoms with Gasteiger partial charge in [0.1, 0.15) is 5.75 Å². The standard InChI is InChI=1S/C21H27N3O3S/c1-15-13-24(14-22-15)19-11-8-17(12-20(19)27-5)23-28(25,26)18-9-6-16(7-10-18)21(2,3)4/h6-12,14-15,23H,13H2,1-5H3. The van der Waals surface area contributed by atoms with Gasteiger partial charge in [-0.1, -0.05) is 32.9 Å². The van der Waals surface area contributed by atoms with Crippen LogP contribution in [-0.2, 0) is 15.4 Å². The van der Waals surface area contributed by atoms with Gasteiger partial charge in [0, 0.05) is 12.6 Å². The number of aliphatic imine (C=N–C) groups is 1. The minimum Gasteiger partial charge on any atom is -0.494 e. The Labute approximate surface area is 167 Å². The average Bonchev–Trinajstić information content (AvgIpc) is 3.07. The lowest BCUT2D eigenvalue weighted by Gasteiger charge is -2.20. The summed E-state index contributed by atoms with van der Waals surface area (Å²) in [6, 6.07) is 12.5. The number of nitrogens with one attached hydrogen (secondary N) is 1. The van der Waals surface area contributed by atoms with Crippen molar-refractivity contribution in [1.29, 1.82) is 0 Å². The first-order chi connectivity index (χ1) is 13.1. The van der Waals surface area contributed by atoms with Crippen LogP contribution in [-0.4, -0.2) is 34.5 Å². The maximum atomic E-state index is 12.8. The van der Waals surface area contributed by atoms with Crippen LogP contribution in [0.4, 0.5) is 11.4 Å². The molecule has 7 heteroatoms. The molecule has 0 aromatic heterocycles. The van der Waals surface area contributed by atoms with E-state index < -0.39 is 10.0 Å². The Kier molecular flexibility index (Phi) is 5.39. The molecular formula is C21H27N3O3S. The van der Waals surface area contributed by atoms with Crippen LogP contribution in [0.15, 0.2) is 52.4 Å². The van der Waals surface area contributed by atoms with Crippen molar-refractivity contribution in [1.82, 2.24) is 0 Å². The largest absolute Gasteiger partial charge is 0.494 e. The van der Waals surface area contributed by atoms with E-state index in [-0.39, 0.29) is 16.4 Å². The van der Waals surface area contributed by atoms with E-state index in [1.807, 2.05) is 30.0 Å². The van der Waals surface area contributed by atoms with Gasteiger partial charge in [0.2, 0.25) is 0 Å². The Hall–Kier alpha value is -2.54. The molecule has 28 heavy (non-hydrogen) atoms. The Bertz CT molecular complexity index is 977. The van der Waals surface area contributed by atoms with Crippen molar-refractivity contribution in [3.05, 3.63) is 48.0 Å². The molecule has 0 bridgehead atoms. The van der Waals surface area contributed by atoms with Gasteiger partial charge < -0.3 is 9.64 Å². The molecule has 0 radical (unpaired) electrons. The van der Waals surface area contributed by atoms with Crippen molar-refractivity contribution in [3.63, 3.8) is 0 Å². The number of anilines is 2. The number of methoxy groups -OCH3 is 1. The van der Waals surface area contributed by atoms with Crippen LogP contribution in [0.25, 0.3) is 0 Å². The second-order valence-electron chi connectivity index (χ2n) is 8.03. The first-order valence-electron chi connectivity index (χ1n) is 9.21. The van der Waals surface area contributed by atoms with Crippen LogP contribution in [0.1, 0.15) is 33.3 Å². The third-order valence-electron chi connectivity index (χ3n) is 4.69. The van der Waals surface area contributed by atoms with E-state index in [1.165, 1.54) is 0 Å². The third-order valence-corrected chi connectivity index (χ3v) is 6.09. The fourth-order valence-electron chi connectivity index (χ4n) is 3.06. The Morgan fingerprint density at radius 3 is 2.36 bits per heavy atom. The summed E-state index contributed by atoms with van der Waals surface area (Å²) < 4.78 is 33.6. The average molecular weight is 402 g/mol. The molecule has 6 nitrogen and oxygen atoms in total. The van der Waals surface area contributed by atoms with Crippen molar-refractivity contribution < 1.29 is 13.2 Å². The monoisotopic (exact) mass is 401 g/mol. The van der Waals surface area contributed by atoms with E-state index in [0.717, 1.165) is 17.8 Å². The quantitative estimate of drug-likeness (QED) is 0.821. The lowest BCUT2D eigenvalue weighted by molar-refractivity contribution is 0.416. The molecule has 0 spiro atoms. The van der Waals surface area contributed by atoms with Gasteiger partial charge in [0.15, 0.2) is 0 Å². The molecule has 1 atom stereocenters. The first kappa shape index (κ1) is 20.2. The molecule has 1 aliphatic heterocycles. The zero-order valence-electron chi connectivity index (χ0n) is 16.9. The minimum atomic E-state index is -3.69. The molecule has 1 aliphatic rings. The van der Waals surface area contributed by atoms with Gasteiger partial charge in [0.05, 0.1) is 35.8 Å². The Morgan fingerprint density at radius 2 is 1.82 bits per heavy atom. The Morgan fingerprint density at radius 1 is 1.14 bits per heavy atom. The van der Waals surface area contributed by atoms with Gasteiger partial charge in [-0.15, -0.1) is 0 Å². The molecule has 0 saturated heterocycles. The van der Waals surface area contributed by atoms with Crippen molar-refractivity contribution in [2.45, 2.75) is 44.0 Å². The van der Waals surface area contributed by atoms with Crippen LogP contribution in [0.5, 0.6) is 5.75 Å². The van der Waals surface area contributed by atoms with Crippen molar-refractivity contribution >= 4 is 27.7 Å². The predicted molar refractivity (Wildman–Crippen MR) is 114 cm³/mol. The first-order valence-corrected chi connectivity index (χ1v) is 10.7. The fourth-order valence-corrected chi connectivity index (χ4v) is 4.11. The molecule has 0 saturated carbocycles. The van der Waals surface area contributed by atoms with Crippen molar-refractivity contribution in [3.8, 4) is 5.75 Å². The topological polar surface area (TPSA) is 71.0 Å². The van der Waals surface area contributed by atoms with Gasteiger partial charge >= 0.3 is 0 Å². The number of rotatable bonds is 5. The van der Waals surface area contributed by atoms with Crippen LogP contribution in [0.2, 0.25) is 0 Å². The highest BCUT2D eigenvalue weighted by atomic mass is 32.2. The highest BCUT2D eigenvalue weighted by Crippen LogP contribution is 2.33. The highest BCUT2D eigenvalue weighted by molar-refractivity contribution is 7.92. The van der Waals surface area contributed by atoms with E-state index in [2.05, 4.69) is 30.5 Å². The second-order valence-corrected chi connectivity index (χ2v) is 9.71. The highest BCUT2D eigenvalue weighted by Gasteiger charge is 2.21. The summed E-state index contributed by atoms with van der Waals surface area (Å²) in [4.78, 5) is 6.57. The summed E-state index contributed by atoms with van der Waals surface area (Å²) in [5.41, 5.74) is 2.35. The molecule has 2 aromatic rings. The summed E-state index contributed by atoms with van der Waals surface area (Å²) in [6.45, 7) is 9.08. The normalized spacial score (nSPS) is 17.0. The van der Waals surface area contributed by atoms with E-state index >= 15 is 0 Å². The van der Waals surface area contributed by atoms with Crippen LogP contribution in [0, 0.1) is 0 Å². The van der Waals surface area contributed by atoms with Gasteiger partial charge in [-0.2, -0.15) is 0 Å². The smallest absolute Gasteiger partial charge is 0.261 e. The van der Waals surface area contributed by atoms with E-state index in [4.69, 9.17) is 4.74 Å². The van der Waals surface area contributed by atoms with Crippen LogP contribution >= 0.6 is 0 Å². The second kappa shape index (κ2) is 7.47. The zero-order chi connectivity index (χ0) is 20.5. The van der Waals surface area contributed by atoms with Gasteiger partial charge in [-0.05, 0) is 42.2 Å². The lowest BCUT2D eigenvalue weighted by atomic mass is 9.87. The fraction of sp³-hybridized carbons (Fsp3) is 0.381. The Balaban J connectivity index is 1.83. The SMILES string of the molecule is COc1cc(NS(=O)(=O)c2ccc(C(C)(C)C)cc2)ccc1N1C=NC(C)C1. The molecule has 3 rings (SSSR count). The number of hydrogen-bond donors (Lipinski definition) is 1. The van der Waals surface area contributed by atoms with E-state index in [9.17, 15) is 8.42 Å². The number of sulfonamides is 1. The molecule has 1 unspecified atom stereocenters. The number of nitrogens with zero attached hydrogens (tertiary/aromatic N) is 2. The zero-order valence-corrected chi connectivity index (χ0v) is 17.7. The molecule has 0 amide bonds.